The molecule has 3 atom stereocenters. The lowest BCUT2D eigenvalue weighted by Gasteiger charge is -2.23. The highest BCUT2D eigenvalue weighted by Gasteiger charge is 2.19. The van der Waals surface area contributed by atoms with Crippen LogP contribution in [0.15, 0.2) is 0 Å². The lowest BCUT2D eigenvalue weighted by Crippen LogP contribution is -2.40. The molecule has 5 nitrogen and oxygen atoms in total. The number of nitrogens with one attached hydrogen (secondary N) is 1. The average Bonchev–Trinajstić information content (AvgIpc) is 2.15. The predicted molar refractivity (Wildman–Crippen MR) is 56.4 cm³/mol. The summed E-state index contributed by atoms with van der Waals surface area (Å²) in [6, 6.07) is -0.212. The minimum Gasteiger partial charge on any atom is -0.396 e. The van der Waals surface area contributed by atoms with Gasteiger partial charge in [-0.2, -0.15) is 0 Å². The fourth-order valence-electron chi connectivity index (χ4n) is 1.30. The number of amides is 1. The van der Waals surface area contributed by atoms with Crippen LogP contribution in [0.5, 0.6) is 0 Å². The van der Waals surface area contributed by atoms with Crippen LogP contribution in [-0.2, 0) is 9.53 Å². The molecule has 0 heterocycles. The highest BCUT2D eigenvalue weighted by molar-refractivity contribution is 5.73. The largest absolute Gasteiger partial charge is 0.396 e. The smallest absolute Gasteiger partial charge is 0.217 e. The Morgan fingerprint density at radius 3 is 2.53 bits per heavy atom. The Hall–Kier alpha value is -0.650. The Kier molecular flexibility index (Phi) is 7.29. The maximum Gasteiger partial charge on any atom is 0.217 e. The summed E-state index contributed by atoms with van der Waals surface area (Å²) in [5.41, 5.74) is 0. The molecule has 5 heteroatoms. The van der Waals surface area contributed by atoms with E-state index in [0.29, 0.717) is 13.0 Å². The van der Waals surface area contributed by atoms with Gasteiger partial charge in [0, 0.05) is 26.6 Å². The van der Waals surface area contributed by atoms with Crippen LogP contribution in [0.25, 0.3) is 0 Å². The molecule has 0 aliphatic rings. The second kappa shape index (κ2) is 7.62. The summed E-state index contributed by atoms with van der Waals surface area (Å²) in [6.45, 7) is 3.46. The zero-order valence-electron chi connectivity index (χ0n) is 9.56. The maximum atomic E-state index is 10.9. The Bertz CT molecular complexity index is 186. The van der Waals surface area contributed by atoms with E-state index in [2.05, 4.69) is 5.32 Å². The van der Waals surface area contributed by atoms with Gasteiger partial charge >= 0.3 is 0 Å². The topological polar surface area (TPSA) is 78.8 Å². The monoisotopic (exact) mass is 219 g/mol. The van der Waals surface area contributed by atoms with Crippen molar-refractivity contribution in [3.05, 3.63) is 0 Å². The molecule has 0 aliphatic heterocycles. The number of carbonyl (C=O) groups is 1. The number of methoxy groups -OCH3 is 1. The first-order valence-corrected chi connectivity index (χ1v) is 5.06. The molecule has 15 heavy (non-hydrogen) atoms. The Morgan fingerprint density at radius 1 is 1.53 bits per heavy atom. The standard InChI is InChI=1S/C10H21NO4/c1-7(5-12)10(14)4-9(6-15-3)11-8(2)13/h7,9-10,12,14H,4-6H2,1-3H3,(H,11,13)/t7?,9-,10-/m0/s1. The average molecular weight is 219 g/mol. The molecule has 0 spiro atoms. The van der Waals surface area contributed by atoms with E-state index in [1.165, 1.54) is 14.0 Å². The van der Waals surface area contributed by atoms with E-state index in [9.17, 15) is 9.90 Å². The van der Waals surface area contributed by atoms with Gasteiger partial charge < -0.3 is 20.3 Å². The normalized spacial score (nSPS) is 16.9. The number of carbonyl (C=O) groups excluding carboxylic acids is 1. The third-order valence-corrected chi connectivity index (χ3v) is 2.25. The van der Waals surface area contributed by atoms with Crippen LogP contribution in [0.1, 0.15) is 20.3 Å². The quantitative estimate of drug-likeness (QED) is 0.540. The first-order valence-electron chi connectivity index (χ1n) is 5.06. The van der Waals surface area contributed by atoms with Crippen LogP contribution >= 0.6 is 0 Å². The van der Waals surface area contributed by atoms with Crippen LogP contribution < -0.4 is 5.32 Å². The van der Waals surface area contributed by atoms with E-state index in [-0.39, 0.29) is 24.5 Å². The van der Waals surface area contributed by atoms with Crippen molar-refractivity contribution >= 4 is 5.91 Å². The number of hydrogen-bond donors (Lipinski definition) is 3. The molecular formula is C10H21NO4. The number of aliphatic hydroxyl groups is 2. The summed E-state index contributed by atoms with van der Waals surface area (Å²) in [4.78, 5) is 10.9. The SMILES string of the molecule is COC[C@H](C[C@H](O)C(C)CO)NC(C)=O. The third kappa shape index (κ3) is 6.43. The third-order valence-electron chi connectivity index (χ3n) is 2.25. The van der Waals surface area contributed by atoms with Crippen LogP contribution in [0, 0.1) is 5.92 Å². The van der Waals surface area contributed by atoms with Crippen molar-refractivity contribution in [2.24, 2.45) is 5.92 Å². The molecule has 0 fully saturated rings. The summed E-state index contributed by atoms with van der Waals surface area (Å²) in [5, 5.41) is 21.2. The Labute approximate surface area is 90.4 Å². The summed E-state index contributed by atoms with van der Waals surface area (Å²) >= 11 is 0. The Morgan fingerprint density at radius 2 is 2.13 bits per heavy atom. The van der Waals surface area contributed by atoms with Gasteiger partial charge in [-0.3, -0.25) is 4.79 Å². The second-order valence-electron chi connectivity index (χ2n) is 3.82. The van der Waals surface area contributed by atoms with Gasteiger partial charge in [0.05, 0.1) is 18.8 Å². The van der Waals surface area contributed by atoms with Crippen LogP contribution in [0.3, 0.4) is 0 Å². The van der Waals surface area contributed by atoms with E-state index in [4.69, 9.17) is 9.84 Å². The van der Waals surface area contributed by atoms with E-state index >= 15 is 0 Å². The predicted octanol–water partition coefficient (Wildman–Crippen LogP) is -0.483. The summed E-state index contributed by atoms with van der Waals surface area (Å²) in [7, 11) is 1.54. The molecule has 0 aromatic carbocycles. The van der Waals surface area contributed by atoms with Crippen molar-refractivity contribution < 1.29 is 19.7 Å². The molecular weight excluding hydrogens is 198 g/mol. The molecule has 0 saturated carbocycles. The molecule has 0 bridgehead atoms. The van der Waals surface area contributed by atoms with Gasteiger partial charge in [-0.1, -0.05) is 6.92 Å². The van der Waals surface area contributed by atoms with E-state index < -0.39 is 6.10 Å². The van der Waals surface area contributed by atoms with Crippen molar-refractivity contribution in [3.8, 4) is 0 Å². The van der Waals surface area contributed by atoms with E-state index in [0.717, 1.165) is 0 Å². The number of hydrogen-bond acceptors (Lipinski definition) is 4. The molecule has 0 saturated heterocycles. The minimum atomic E-state index is -0.637. The molecule has 0 radical (unpaired) electrons. The summed E-state index contributed by atoms with van der Waals surface area (Å²) < 4.78 is 4.93. The van der Waals surface area contributed by atoms with Crippen molar-refractivity contribution in [2.45, 2.75) is 32.4 Å². The zero-order valence-corrected chi connectivity index (χ0v) is 9.56. The molecule has 3 N–H and O–H groups in total. The number of aliphatic hydroxyl groups excluding tert-OH is 2. The molecule has 1 amide bonds. The van der Waals surface area contributed by atoms with Crippen LogP contribution in [0.4, 0.5) is 0 Å². The molecule has 0 aromatic rings. The van der Waals surface area contributed by atoms with Crippen molar-refractivity contribution in [1.82, 2.24) is 5.32 Å². The van der Waals surface area contributed by atoms with Crippen molar-refractivity contribution in [2.75, 3.05) is 20.3 Å². The lowest BCUT2D eigenvalue weighted by atomic mass is 9.99. The van der Waals surface area contributed by atoms with Crippen LogP contribution in [-0.4, -0.2) is 48.6 Å². The first kappa shape index (κ1) is 14.3. The van der Waals surface area contributed by atoms with Gasteiger partial charge in [0.15, 0.2) is 0 Å². The fourth-order valence-corrected chi connectivity index (χ4v) is 1.30. The molecule has 90 valence electrons. The summed E-state index contributed by atoms with van der Waals surface area (Å²) in [6.07, 6.45) is -0.253. The van der Waals surface area contributed by atoms with Gasteiger partial charge in [0.2, 0.25) is 5.91 Å². The van der Waals surface area contributed by atoms with Gasteiger partial charge in [0.1, 0.15) is 0 Å². The first-order chi connectivity index (χ1) is 7.01. The van der Waals surface area contributed by atoms with Crippen LogP contribution in [0.2, 0.25) is 0 Å². The van der Waals surface area contributed by atoms with E-state index in [1.807, 2.05) is 0 Å². The minimum absolute atomic E-state index is 0.0685. The molecule has 0 aliphatic carbocycles. The molecule has 0 aromatic heterocycles. The van der Waals surface area contributed by atoms with Gasteiger partial charge in [-0.05, 0) is 6.42 Å². The van der Waals surface area contributed by atoms with Crippen molar-refractivity contribution in [1.29, 1.82) is 0 Å². The van der Waals surface area contributed by atoms with Crippen molar-refractivity contribution in [3.63, 3.8) is 0 Å². The molecule has 1 unspecified atom stereocenters. The highest BCUT2D eigenvalue weighted by atomic mass is 16.5. The zero-order chi connectivity index (χ0) is 11.8. The van der Waals surface area contributed by atoms with E-state index in [1.54, 1.807) is 6.92 Å². The van der Waals surface area contributed by atoms with Gasteiger partial charge in [-0.25, -0.2) is 0 Å². The number of ether oxygens (including phenoxy) is 1. The maximum absolute atomic E-state index is 10.9. The fraction of sp³-hybridized carbons (Fsp3) is 0.900. The summed E-state index contributed by atoms with van der Waals surface area (Å²) in [5.74, 6) is -0.348. The van der Waals surface area contributed by atoms with Gasteiger partial charge in [-0.15, -0.1) is 0 Å². The Balaban J connectivity index is 4.08. The second-order valence-corrected chi connectivity index (χ2v) is 3.82. The van der Waals surface area contributed by atoms with Gasteiger partial charge in [0.25, 0.3) is 0 Å². The number of rotatable bonds is 7. The lowest BCUT2D eigenvalue weighted by molar-refractivity contribution is -0.120. The molecule has 0 rings (SSSR count). The highest BCUT2D eigenvalue weighted by Crippen LogP contribution is 2.09.